The summed E-state index contributed by atoms with van der Waals surface area (Å²) in [5.41, 5.74) is -0.120. The molecule has 3 rings (SSSR count). The topological polar surface area (TPSA) is 68.2 Å². The molecule has 3 fully saturated rings. The second kappa shape index (κ2) is 7.56. The van der Waals surface area contributed by atoms with Gasteiger partial charge in [0.2, 0.25) is 8.32 Å². The third kappa shape index (κ3) is 3.20. The van der Waals surface area contributed by atoms with Crippen molar-refractivity contribution in [2.24, 2.45) is 5.92 Å². The van der Waals surface area contributed by atoms with Crippen molar-refractivity contribution >= 4 is 8.32 Å². The van der Waals surface area contributed by atoms with Gasteiger partial charge in [0.1, 0.15) is 5.60 Å². The minimum absolute atomic E-state index is 0.0829. The Morgan fingerprint density at radius 3 is 2.00 bits per heavy atom. The van der Waals surface area contributed by atoms with Crippen molar-refractivity contribution in [3.05, 3.63) is 0 Å². The van der Waals surface area contributed by atoms with E-state index in [1.807, 2.05) is 0 Å². The summed E-state index contributed by atoms with van der Waals surface area (Å²) in [6.07, 6.45) is 1.28. The summed E-state index contributed by atoms with van der Waals surface area (Å²) in [6.45, 7) is 18.1. The molecule has 29 heavy (non-hydrogen) atoms. The van der Waals surface area contributed by atoms with Crippen molar-refractivity contribution in [3.8, 4) is 0 Å². The average Bonchev–Trinajstić information content (AvgIpc) is 2.74. The SMILES string of the molecule is CO[C@@]12CC[C@@H](O)[C@H](O)[C@H]1[C@@]1(C)C[C@@H](O[Si](C(C)C)(C(C)C)C(C)C)C[C@]2(C)O1. The average molecular weight is 429 g/mol. The normalized spacial score (nSPS) is 45.3. The van der Waals surface area contributed by atoms with E-state index in [-0.39, 0.29) is 12.0 Å². The van der Waals surface area contributed by atoms with Crippen LogP contribution in [-0.2, 0) is 13.9 Å². The highest BCUT2D eigenvalue weighted by Gasteiger charge is 2.74. The lowest BCUT2D eigenvalue weighted by Crippen LogP contribution is -2.62. The fourth-order valence-electron chi connectivity index (χ4n) is 7.87. The van der Waals surface area contributed by atoms with Crippen LogP contribution in [0.15, 0.2) is 0 Å². The molecule has 2 heterocycles. The minimum atomic E-state index is -2.03. The molecule has 5 nitrogen and oxygen atoms in total. The van der Waals surface area contributed by atoms with E-state index in [4.69, 9.17) is 13.9 Å². The van der Waals surface area contributed by atoms with E-state index in [9.17, 15) is 10.2 Å². The maximum atomic E-state index is 11.0. The van der Waals surface area contributed by atoms with Crippen molar-refractivity contribution in [1.29, 1.82) is 0 Å². The van der Waals surface area contributed by atoms with Crippen LogP contribution in [0.5, 0.6) is 0 Å². The van der Waals surface area contributed by atoms with E-state index in [0.717, 1.165) is 12.8 Å². The Morgan fingerprint density at radius 1 is 0.966 bits per heavy atom. The highest BCUT2D eigenvalue weighted by Crippen LogP contribution is 2.64. The fourth-order valence-corrected chi connectivity index (χ4v) is 13.4. The maximum absolute atomic E-state index is 11.0. The second-order valence-corrected chi connectivity index (χ2v) is 16.7. The number of aliphatic hydroxyl groups is 2. The fraction of sp³-hybridized carbons (Fsp3) is 1.00. The van der Waals surface area contributed by atoms with E-state index in [1.165, 1.54) is 0 Å². The molecule has 1 saturated carbocycles. The molecule has 170 valence electrons. The molecule has 6 heteroatoms. The van der Waals surface area contributed by atoms with Crippen molar-refractivity contribution < 1.29 is 24.1 Å². The number of aliphatic hydroxyl groups excluding tert-OH is 2. The molecule has 0 aromatic heterocycles. The first-order valence-corrected chi connectivity index (χ1v) is 13.7. The molecule has 2 saturated heterocycles. The Morgan fingerprint density at radius 2 is 1.52 bits per heavy atom. The van der Waals surface area contributed by atoms with Gasteiger partial charge in [-0.2, -0.15) is 0 Å². The van der Waals surface area contributed by atoms with Gasteiger partial charge in [-0.3, -0.25) is 0 Å². The molecule has 0 aromatic rings. The summed E-state index contributed by atoms with van der Waals surface area (Å²) in [4.78, 5) is 0. The third-order valence-corrected chi connectivity index (χ3v) is 14.9. The maximum Gasteiger partial charge on any atom is 0.200 e. The molecule has 0 unspecified atom stereocenters. The Kier molecular flexibility index (Phi) is 6.17. The number of hydrogen-bond acceptors (Lipinski definition) is 5. The summed E-state index contributed by atoms with van der Waals surface area (Å²) >= 11 is 0. The molecule has 7 atom stereocenters. The Hall–Kier alpha value is 0.0169. The van der Waals surface area contributed by atoms with Crippen molar-refractivity contribution in [2.45, 2.75) is 133 Å². The highest BCUT2D eigenvalue weighted by atomic mass is 28.4. The second-order valence-electron chi connectivity index (χ2n) is 11.3. The van der Waals surface area contributed by atoms with Crippen molar-refractivity contribution in [2.75, 3.05) is 7.11 Å². The molecule has 2 aliphatic heterocycles. The van der Waals surface area contributed by atoms with Crippen LogP contribution < -0.4 is 0 Å². The summed E-state index contributed by atoms with van der Waals surface area (Å²) in [5, 5.41) is 21.5. The lowest BCUT2D eigenvalue weighted by Gasteiger charge is -2.50. The summed E-state index contributed by atoms with van der Waals surface area (Å²) in [6, 6.07) is 0. The van der Waals surface area contributed by atoms with Crippen LogP contribution in [0.25, 0.3) is 0 Å². The van der Waals surface area contributed by atoms with E-state index < -0.39 is 37.3 Å². The number of methoxy groups -OCH3 is 1. The molecule has 2 bridgehead atoms. The van der Waals surface area contributed by atoms with E-state index in [2.05, 4.69) is 55.4 Å². The van der Waals surface area contributed by atoms with Gasteiger partial charge >= 0.3 is 0 Å². The lowest BCUT2D eigenvalue weighted by atomic mass is 9.63. The van der Waals surface area contributed by atoms with E-state index in [1.54, 1.807) is 7.11 Å². The molecule has 3 aliphatic rings. The molecule has 1 aliphatic carbocycles. The predicted octanol–water partition coefficient (Wildman–Crippen LogP) is 4.41. The van der Waals surface area contributed by atoms with E-state index >= 15 is 0 Å². The van der Waals surface area contributed by atoms with Crippen molar-refractivity contribution in [1.82, 2.24) is 0 Å². The quantitative estimate of drug-likeness (QED) is 0.614. The van der Waals surface area contributed by atoms with Gasteiger partial charge in [-0.05, 0) is 43.3 Å². The van der Waals surface area contributed by atoms with Gasteiger partial charge in [0, 0.05) is 25.9 Å². The minimum Gasteiger partial charge on any atom is -0.413 e. The molecule has 0 aromatic carbocycles. The Balaban J connectivity index is 2.00. The molecular formula is C23H44O5Si. The Bertz CT molecular complexity index is 588. The first-order chi connectivity index (χ1) is 13.3. The first kappa shape index (κ1) is 23.7. The highest BCUT2D eigenvalue weighted by molar-refractivity contribution is 6.77. The largest absolute Gasteiger partial charge is 0.413 e. The molecule has 2 N–H and O–H groups in total. The smallest absolute Gasteiger partial charge is 0.200 e. The summed E-state index contributed by atoms with van der Waals surface area (Å²) in [5.74, 6) is -0.254. The zero-order valence-corrected chi connectivity index (χ0v) is 21.0. The van der Waals surface area contributed by atoms with Crippen LogP contribution in [0.3, 0.4) is 0 Å². The van der Waals surface area contributed by atoms with E-state index in [0.29, 0.717) is 29.5 Å². The van der Waals surface area contributed by atoms with Crippen LogP contribution in [0.1, 0.15) is 81.1 Å². The van der Waals surface area contributed by atoms with Crippen LogP contribution >= 0.6 is 0 Å². The Labute approximate surface area is 178 Å². The standard InChI is InChI=1S/C23H44O5Si/c1-14(2)29(15(3)4,16(5)6)27-17-12-21(7)20-19(25)18(24)10-11-23(20,26-9)22(8,13-17)28-21/h14-20,24-25H,10-13H2,1-9H3/t17-,18-,19+,20+,21-,22+,23+/m1/s1. The molecule has 0 radical (unpaired) electrons. The number of ether oxygens (including phenoxy) is 2. The van der Waals surface area contributed by atoms with Crippen LogP contribution in [0, 0.1) is 5.92 Å². The zero-order chi connectivity index (χ0) is 22.0. The van der Waals surface area contributed by atoms with Crippen LogP contribution in [0.2, 0.25) is 16.6 Å². The predicted molar refractivity (Wildman–Crippen MR) is 118 cm³/mol. The van der Waals surface area contributed by atoms with Gasteiger partial charge in [0.05, 0.1) is 29.5 Å². The summed E-state index contributed by atoms with van der Waals surface area (Å²) in [7, 11) is -0.297. The third-order valence-electron chi connectivity index (χ3n) is 8.75. The number of hydrogen-bond donors (Lipinski definition) is 2. The van der Waals surface area contributed by atoms with Crippen LogP contribution in [0.4, 0.5) is 0 Å². The van der Waals surface area contributed by atoms with Gasteiger partial charge in [0.15, 0.2) is 0 Å². The molecule has 0 amide bonds. The van der Waals surface area contributed by atoms with Gasteiger partial charge in [-0.15, -0.1) is 0 Å². The zero-order valence-electron chi connectivity index (χ0n) is 20.0. The first-order valence-electron chi connectivity index (χ1n) is 11.6. The van der Waals surface area contributed by atoms with Gasteiger partial charge in [0.25, 0.3) is 0 Å². The van der Waals surface area contributed by atoms with Crippen molar-refractivity contribution in [3.63, 3.8) is 0 Å². The van der Waals surface area contributed by atoms with Gasteiger partial charge in [-0.25, -0.2) is 0 Å². The van der Waals surface area contributed by atoms with Crippen LogP contribution in [-0.4, -0.2) is 60.8 Å². The van der Waals surface area contributed by atoms with Gasteiger partial charge < -0.3 is 24.1 Å². The number of fused-ring (bicyclic) bond motifs is 5. The lowest BCUT2D eigenvalue weighted by molar-refractivity contribution is -0.203. The molecular weight excluding hydrogens is 384 g/mol. The number of rotatable bonds is 6. The molecule has 0 spiro atoms. The summed E-state index contributed by atoms with van der Waals surface area (Å²) < 4.78 is 20.1. The van der Waals surface area contributed by atoms with Gasteiger partial charge in [-0.1, -0.05) is 41.5 Å². The monoisotopic (exact) mass is 428 g/mol.